The molecule has 0 aliphatic carbocycles. The van der Waals surface area contributed by atoms with E-state index < -0.39 is 37.3 Å². The Balaban J connectivity index is 2.27. The van der Waals surface area contributed by atoms with Gasteiger partial charge >= 0.3 is 0 Å². The molecular weight excluding hydrogens is 319 g/mol. The number of nitrogens with one attached hydrogen (secondary N) is 2. The Labute approximate surface area is 135 Å². The monoisotopic (exact) mass is 340 g/mol. The van der Waals surface area contributed by atoms with E-state index in [1.54, 1.807) is 26.0 Å². The van der Waals surface area contributed by atoms with Crippen molar-refractivity contribution in [2.75, 3.05) is 6.61 Å². The van der Waals surface area contributed by atoms with Crippen molar-refractivity contribution < 1.29 is 17.5 Å². The first-order chi connectivity index (χ1) is 10.5. The highest BCUT2D eigenvalue weighted by atomic mass is 32.2. The number of benzene rings is 1. The van der Waals surface area contributed by atoms with Gasteiger partial charge in [-0.15, -0.1) is 0 Å². The minimum atomic E-state index is -3.75. The number of hydrogen-bond donors (Lipinski definition) is 2. The Kier molecular flexibility index (Phi) is 3.40. The Morgan fingerprint density at radius 1 is 1.39 bits per heavy atom. The van der Waals surface area contributed by atoms with Crippen molar-refractivity contribution in [2.45, 2.75) is 49.3 Å². The van der Waals surface area contributed by atoms with Crippen LogP contribution in [0.1, 0.15) is 31.9 Å². The molecule has 0 saturated carbocycles. The molecule has 2 fully saturated rings. The van der Waals surface area contributed by atoms with Crippen LogP contribution in [0.3, 0.4) is 0 Å². The molecular formula is C16H21FN2O3S. The predicted molar refractivity (Wildman–Crippen MR) is 85.9 cm³/mol. The van der Waals surface area contributed by atoms with E-state index in [9.17, 15) is 12.8 Å². The first-order valence-electron chi connectivity index (χ1n) is 7.53. The summed E-state index contributed by atoms with van der Waals surface area (Å²) in [4.78, 5) is 0. The van der Waals surface area contributed by atoms with Gasteiger partial charge in [-0.25, -0.2) is 12.8 Å². The summed E-state index contributed by atoms with van der Waals surface area (Å²) in [6.45, 7) is 6.46. The highest BCUT2D eigenvalue weighted by molar-refractivity contribution is 7.94. The summed E-state index contributed by atoms with van der Waals surface area (Å²) in [5.41, 5.74) is -0.274. The van der Waals surface area contributed by atoms with Crippen molar-refractivity contribution in [3.05, 3.63) is 35.1 Å². The predicted octanol–water partition coefficient (Wildman–Crippen LogP) is 1.89. The molecule has 2 heterocycles. The molecule has 0 bridgehead atoms. The molecule has 7 heteroatoms. The Morgan fingerprint density at radius 3 is 2.65 bits per heavy atom. The van der Waals surface area contributed by atoms with E-state index in [0.717, 1.165) is 5.56 Å². The van der Waals surface area contributed by atoms with Crippen molar-refractivity contribution >= 4 is 15.7 Å². The molecule has 5 nitrogen and oxygen atoms in total. The second-order valence-corrected chi connectivity index (χ2v) is 9.57. The van der Waals surface area contributed by atoms with E-state index in [-0.39, 0.29) is 18.0 Å². The van der Waals surface area contributed by atoms with Crippen LogP contribution in [0.4, 0.5) is 4.39 Å². The van der Waals surface area contributed by atoms with Crippen molar-refractivity contribution in [3.63, 3.8) is 0 Å². The highest BCUT2D eigenvalue weighted by Crippen LogP contribution is 2.46. The maximum absolute atomic E-state index is 14.6. The molecule has 1 aromatic rings. The Morgan fingerprint density at radius 2 is 2.04 bits per heavy atom. The molecule has 23 heavy (non-hydrogen) atoms. The first kappa shape index (κ1) is 16.4. The maximum atomic E-state index is 14.6. The first-order valence-corrected chi connectivity index (χ1v) is 9.07. The van der Waals surface area contributed by atoms with Gasteiger partial charge in [0.25, 0.3) is 0 Å². The zero-order valence-electron chi connectivity index (χ0n) is 13.6. The average molecular weight is 340 g/mol. The van der Waals surface area contributed by atoms with Crippen molar-refractivity contribution in [1.82, 2.24) is 5.32 Å². The lowest BCUT2D eigenvalue weighted by atomic mass is 9.84. The molecule has 3 rings (SSSR count). The highest BCUT2D eigenvalue weighted by Gasteiger charge is 2.65. The second kappa shape index (κ2) is 4.77. The number of hydrogen-bond acceptors (Lipinski definition) is 4. The third-order valence-corrected chi connectivity index (χ3v) is 8.17. The van der Waals surface area contributed by atoms with Crippen LogP contribution in [0.5, 0.6) is 0 Å². The average Bonchev–Trinajstić information content (AvgIpc) is 2.75. The van der Waals surface area contributed by atoms with E-state index in [1.807, 2.05) is 0 Å². The van der Waals surface area contributed by atoms with Gasteiger partial charge < -0.3 is 10.1 Å². The van der Waals surface area contributed by atoms with Crippen LogP contribution in [0.25, 0.3) is 0 Å². The van der Waals surface area contributed by atoms with Crippen LogP contribution >= 0.6 is 0 Å². The lowest BCUT2D eigenvalue weighted by molar-refractivity contribution is 0.115. The summed E-state index contributed by atoms with van der Waals surface area (Å²) in [6, 6.07) is 4.71. The quantitative estimate of drug-likeness (QED) is 0.818. The Bertz CT molecular complexity index is 791. The van der Waals surface area contributed by atoms with Crippen LogP contribution in [0.15, 0.2) is 18.2 Å². The Hall–Kier alpha value is -1.47. The molecule has 2 aliphatic heterocycles. The second-order valence-electron chi connectivity index (χ2n) is 6.95. The molecule has 2 saturated heterocycles. The fraction of sp³-hybridized carbons (Fsp3) is 0.562. The van der Waals surface area contributed by atoms with Gasteiger partial charge in [0, 0.05) is 5.56 Å². The van der Waals surface area contributed by atoms with Gasteiger partial charge in [-0.3, -0.25) is 5.41 Å². The van der Waals surface area contributed by atoms with Gasteiger partial charge in [0.1, 0.15) is 27.2 Å². The third kappa shape index (κ3) is 1.99. The molecule has 0 amide bonds. The lowest BCUT2D eigenvalue weighted by Crippen LogP contribution is -2.70. The molecule has 3 atom stereocenters. The molecule has 2 N–H and O–H groups in total. The SMILES string of the molecule is Cc1ccc([C@]23COC(C)[C@H]2S(=O)(=O)C(C)(C)C(=N)N3)c(F)c1. The lowest BCUT2D eigenvalue weighted by Gasteiger charge is -2.47. The smallest absolute Gasteiger partial charge is 0.170 e. The molecule has 1 unspecified atom stereocenters. The molecule has 126 valence electrons. The number of ether oxygens (including phenoxy) is 1. The van der Waals surface area contributed by atoms with Crippen molar-refractivity contribution in [3.8, 4) is 0 Å². The van der Waals surface area contributed by atoms with E-state index in [1.165, 1.54) is 19.9 Å². The van der Waals surface area contributed by atoms with E-state index in [2.05, 4.69) is 5.32 Å². The number of amidine groups is 1. The fourth-order valence-electron chi connectivity index (χ4n) is 3.57. The van der Waals surface area contributed by atoms with E-state index in [4.69, 9.17) is 10.1 Å². The van der Waals surface area contributed by atoms with Gasteiger partial charge in [-0.1, -0.05) is 12.1 Å². The largest absolute Gasteiger partial charge is 0.374 e. The fourth-order valence-corrected chi connectivity index (χ4v) is 5.91. The van der Waals surface area contributed by atoms with Gasteiger partial charge in [-0.05, 0) is 39.3 Å². The van der Waals surface area contributed by atoms with Gasteiger partial charge in [-0.2, -0.15) is 0 Å². The molecule has 0 radical (unpaired) electrons. The molecule has 0 aromatic heterocycles. The standard InChI is InChI=1S/C16H21FN2O3S/c1-9-5-6-11(12(17)7-9)16-8-22-10(2)13(16)23(20,21)15(3,4)14(18)19-16/h5-7,10,13H,8H2,1-4H3,(H2,18,19)/t10?,13-,16-/m1/s1. The topological polar surface area (TPSA) is 79.2 Å². The van der Waals surface area contributed by atoms with Gasteiger partial charge in [0.05, 0.1) is 12.7 Å². The zero-order valence-corrected chi connectivity index (χ0v) is 14.4. The van der Waals surface area contributed by atoms with Crippen LogP contribution in [-0.4, -0.2) is 37.0 Å². The summed E-state index contributed by atoms with van der Waals surface area (Å²) in [5.74, 6) is -0.616. The van der Waals surface area contributed by atoms with Gasteiger partial charge in [0.15, 0.2) is 9.84 Å². The van der Waals surface area contributed by atoms with E-state index in [0.29, 0.717) is 0 Å². The normalized spacial score (nSPS) is 34.7. The summed E-state index contributed by atoms with van der Waals surface area (Å²) in [7, 11) is -3.75. The van der Waals surface area contributed by atoms with Crippen LogP contribution in [-0.2, 0) is 20.1 Å². The number of aryl methyl sites for hydroxylation is 1. The number of sulfone groups is 1. The van der Waals surface area contributed by atoms with E-state index >= 15 is 0 Å². The molecule has 2 aliphatic rings. The summed E-state index contributed by atoms with van der Waals surface area (Å²) >= 11 is 0. The maximum Gasteiger partial charge on any atom is 0.170 e. The minimum absolute atomic E-state index is 0.0104. The van der Waals surface area contributed by atoms with Crippen molar-refractivity contribution in [2.24, 2.45) is 0 Å². The minimum Gasteiger partial charge on any atom is -0.374 e. The van der Waals surface area contributed by atoms with Crippen LogP contribution in [0, 0.1) is 18.2 Å². The van der Waals surface area contributed by atoms with Crippen LogP contribution in [0.2, 0.25) is 0 Å². The van der Waals surface area contributed by atoms with Crippen LogP contribution < -0.4 is 5.32 Å². The number of halogens is 1. The zero-order chi connectivity index (χ0) is 17.2. The summed E-state index contributed by atoms with van der Waals surface area (Å²) < 4.78 is 45.1. The summed E-state index contributed by atoms with van der Waals surface area (Å²) in [6.07, 6.45) is -0.583. The molecule has 0 spiro atoms. The van der Waals surface area contributed by atoms with Gasteiger partial charge in [0.2, 0.25) is 0 Å². The molecule has 1 aromatic carbocycles. The van der Waals surface area contributed by atoms with Crippen molar-refractivity contribution in [1.29, 1.82) is 5.41 Å². The summed E-state index contributed by atoms with van der Waals surface area (Å²) in [5, 5.41) is 10.2. The number of rotatable bonds is 1. The number of fused-ring (bicyclic) bond motifs is 1. The third-order valence-electron chi connectivity index (χ3n) is 5.09.